The summed E-state index contributed by atoms with van der Waals surface area (Å²) < 4.78 is 0. The van der Waals surface area contributed by atoms with Gasteiger partial charge in [-0.25, -0.2) is 0 Å². The summed E-state index contributed by atoms with van der Waals surface area (Å²) in [6.45, 7) is 0. The van der Waals surface area contributed by atoms with E-state index < -0.39 is 5.54 Å². The Kier molecular flexibility index (Phi) is 6.60. The maximum absolute atomic E-state index is 12.1. The van der Waals surface area contributed by atoms with Crippen molar-refractivity contribution in [1.29, 1.82) is 5.26 Å². The number of amides is 1. The van der Waals surface area contributed by atoms with Crippen LogP contribution in [0.1, 0.15) is 44.1 Å². The molecule has 0 aliphatic heterocycles. The summed E-state index contributed by atoms with van der Waals surface area (Å²) in [5.74, 6) is 1.11. The number of hydrogen-bond acceptors (Lipinski definition) is 3. The second kappa shape index (κ2) is 8.45. The van der Waals surface area contributed by atoms with Crippen molar-refractivity contribution < 1.29 is 4.79 Å². The van der Waals surface area contributed by atoms with Crippen LogP contribution in [0.25, 0.3) is 0 Å². The summed E-state index contributed by atoms with van der Waals surface area (Å²) in [4.78, 5) is 12.1. The zero-order valence-electron chi connectivity index (χ0n) is 12.6. The molecule has 118 valence electrons. The molecule has 0 bridgehead atoms. The third kappa shape index (κ3) is 5.23. The van der Waals surface area contributed by atoms with Crippen LogP contribution < -0.4 is 5.32 Å². The lowest BCUT2D eigenvalue weighted by Crippen LogP contribution is -2.47. The fraction of sp³-hybridized carbons (Fsp3) is 0.529. The quantitative estimate of drug-likeness (QED) is 0.815. The van der Waals surface area contributed by atoms with Crippen molar-refractivity contribution in [2.24, 2.45) is 0 Å². The topological polar surface area (TPSA) is 52.9 Å². The van der Waals surface area contributed by atoms with Crippen molar-refractivity contribution in [2.75, 3.05) is 5.75 Å². The maximum atomic E-state index is 12.1. The lowest BCUT2D eigenvalue weighted by molar-refractivity contribution is -0.120. The fourth-order valence-corrected chi connectivity index (χ4v) is 3.66. The zero-order valence-corrected chi connectivity index (χ0v) is 14.2. The summed E-state index contributed by atoms with van der Waals surface area (Å²) in [5.41, 5.74) is 0.501. The molecule has 0 saturated heterocycles. The Balaban J connectivity index is 1.79. The van der Waals surface area contributed by atoms with Crippen LogP contribution in [0.5, 0.6) is 0 Å². The third-order valence-electron chi connectivity index (χ3n) is 3.96. The van der Waals surface area contributed by atoms with E-state index in [9.17, 15) is 10.1 Å². The number of carbonyl (C=O) groups is 1. The molecule has 1 fully saturated rings. The molecule has 1 amide bonds. The SMILES string of the molecule is N#CC1(NC(=O)CSCc2ccc(Cl)cc2)CCCCCC1. The number of halogens is 1. The van der Waals surface area contributed by atoms with Gasteiger partial charge in [0.25, 0.3) is 0 Å². The molecule has 1 aliphatic rings. The second-order valence-electron chi connectivity index (χ2n) is 5.78. The minimum atomic E-state index is -0.644. The Labute approximate surface area is 141 Å². The van der Waals surface area contributed by atoms with Gasteiger partial charge >= 0.3 is 0 Å². The van der Waals surface area contributed by atoms with Gasteiger partial charge in [-0.1, -0.05) is 49.4 Å². The predicted molar refractivity (Wildman–Crippen MR) is 91.8 cm³/mol. The highest BCUT2D eigenvalue weighted by atomic mass is 35.5. The number of thioether (sulfide) groups is 1. The molecule has 1 aromatic carbocycles. The largest absolute Gasteiger partial charge is 0.337 e. The van der Waals surface area contributed by atoms with Gasteiger partial charge in [-0.3, -0.25) is 4.79 Å². The first kappa shape index (κ1) is 17.2. The monoisotopic (exact) mass is 336 g/mol. The Morgan fingerprint density at radius 3 is 2.45 bits per heavy atom. The Morgan fingerprint density at radius 1 is 1.23 bits per heavy atom. The molecule has 5 heteroatoms. The number of carbonyl (C=O) groups excluding carboxylic acids is 1. The van der Waals surface area contributed by atoms with Crippen molar-refractivity contribution in [3.05, 3.63) is 34.9 Å². The number of nitrogens with one attached hydrogen (secondary N) is 1. The van der Waals surface area contributed by atoms with E-state index in [1.54, 1.807) is 11.8 Å². The molecule has 2 rings (SSSR count). The van der Waals surface area contributed by atoms with Gasteiger partial charge in [0.1, 0.15) is 5.54 Å². The van der Waals surface area contributed by atoms with Crippen molar-refractivity contribution in [1.82, 2.24) is 5.32 Å². The minimum Gasteiger partial charge on any atom is -0.337 e. The summed E-state index contributed by atoms with van der Waals surface area (Å²) in [5, 5.41) is 13.2. The molecule has 3 nitrogen and oxygen atoms in total. The first-order valence-corrected chi connectivity index (χ1v) is 9.21. The molecule has 0 atom stereocenters. The molecule has 0 unspecified atom stereocenters. The Morgan fingerprint density at radius 2 is 1.86 bits per heavy atom. The van der Waals surface area contributed by atoms with E-state index in [0.29, 0.717) is 5.75 Å². The molecule has 0 heterocycles. The van der Waals surface area contributed by atoms with E-state index in [4.69, 9.17) is 11.6 Å². The normalized spacial score (nSPS) is 17.3. The van der Waals surface area contributed by atoms with Crippen LogP contribution >= 0.6 is 23.4 Å². The third-order valence-corrected chi connectivity index (χ3v) is 5.22. The van der Waals surface area contributed by atoms with Crippen LogP contribution in [0.3, 0.4) is 0 Å². The van der Waals surface area contributed by atoms with E-state index in [-0.39, 0.29) is 5.91 Å². The van der Waals surface area contributed by atoms with Crippen LogP contribution in [0, 0.1) is 11.3 Å². The molecule has 0 aromatic heterocycles. The molecule has 1 saturated carbocycles. The first-order chi connectivity index (χ1) is 10.6. The number of rotatable bonds is 5. The highest BCUT2D eigenvalue weighted by molar-refractivity contribution is 7.99. The first-order valence-electron chi connectivity index (χ1n) is 7.68. The standard InChI is InChI=1S/C17H21ClN2OS/c18-15-7-5-14(6-8-15)11-22-12-16(21)20-17(13-19)9-3-1-2-4-10-17/h5-8H,1-4,9-12H2,(H,20,21). The molecule has 0 radical (unpaired) electrons. The zero-order chi connectivity index (χ0) is 15.8. The average Bonchev–Trinajstić information content (AvgIpc) is 2.75. The molecular weight excluding hydrogens is 316 g/mol. The highest BCUT2D eigenvalue weighted by Crippen LogP contribution is 2.26. The van der Waals surface area contributed by atoms with Crippen LogP contribution in [0.4, 0.5) is 0 Å². The van der Waals surface area contributed by atoms with Crippen molar-refractivity contribution in [3.8, 4) is 6.07 Å². The van der Waals surface area contributed by atoms with Gasteiger partial charge in [-0.05, 0) is 30.5 Å². The molecule has 0 spiro atoms. The van der Waals surface area contributed by atoms with Crippen molar-refractivity contribution in [2.45, 2.75) is 49.8 Å². The highest BCUT2D eigenvalue weighted by Gasteiger charge is 2.32. The Hall–Kier alpha value is -1.18. The molecule has 1 aliphatic carbocycles. The molecule has 1 N–H and O–H groups in total. The number of nitrogens with zero attached hydrogens (tertiary/aromatic N) is 1. The van der Waals surface area contributed by atoms with E-state index >= 15 is 0 Å². The summed E-state index contributed by atoms with van der Waals surface area (Å²) in [6.07, 6.45) is 5.90. The van der Waals surface area contributed by atoms with Gasteiger partial charge in [0.15, 0.2) is 0 Å². The van der Waals surface area contributed by atoms with E-state index in [1.807, 2.05) is 24.3 Å². The van der Waals surface area contributed by atoms with Gasteiger partial charge in [-0.2, -0.15) is 5.26 Å². The van der Waals surface area contributed by atoms with Crippen LogP contribution in [-0.2, 0) is 10.5 Å². The predicted octanol–water partition coefficient (Wildman–Crippen LogP) is 4.31. The van der Waals surface area contributed by atoms with Gasteiger partial charge in [0.2, 0.25) is 5.91 Å². The smallest absolute Gasteiger partial charge is 0.231 e. The molecular formula is C17H21ClN2OS. The van der Waals surface area contributed by atoms with Crippen LogP contribution in [0.2, 0.25) is 5.02 Å². The minimum absolute atomic E-state index is 0.0394. The van der Waals surface area contributed by atoms with Crippen molar-refractivity contribution in [3.63, 3.8) is 0 Å². The summed E-state index contributed by atoms with van der Waals surface area (Å²) >= 11 is 7.41. The summed E-state index contributed by atoms with van der Waals surface area (Å²) in [6, 6.07) is 9.99. The number of hydrogen-bond donors (Lipinski definition) is 1. The lowest BCUT2D eigenvalue weighted by Gasteiger charge is -2.26. The average molecular weight is 337 g/mol. The van der Waals surface area contributed by atoms with E-state index in [1.165, 1.54) is 0 Å². The summed E-state index contributed by atoms with van der Waals surface area (Å²) in [7, 11) is 0. The van der Waals surface area contributed by atoms with E-state index in [2.05, 4.69) is 11.4 Å². The van der Waals surface area contributed by atoms with Crippen molar-refractivity contribution >= 4 is 29.3 Å². The van der Waals surface area contributed by atoms with Crippen LogP contribution in [-0.4, -0.2) is 17.2 Å². The number of nitriles is 1. The second-order valence-corrected chi connectivity index (χ2v) is 7.20. The lowest BCUT2D eigenvalue weighted by atomic mass is 9.92. The maximum Gasteiger partial charge on any atom is 0.231 e. The van der Waals surface area contributed by atoms with Gasteiger partial charge in [-0.15, -0.1) is 11.8 Å². The van der Waals surface area contributed by atoms with Gasteiger partial charge < -0.3 is 5.32 Å². The van der Waals surface area contributed by atoms with Gasteiger partial charge in [0.05, 0.1) is 11.8 Å². The number of benzene rings is 1. The Bertz CT molecular complexity index is 531. The molecule has 22 heavy (non-hydrogen) atoms. The van der Waals surface area contributed by atoms with E-state index in [0.717, 1.165) is 54.9 Å². The van der Waals surface area contributed by atoms with Crippen LogP contribution in [0.15, 0.2) is 24.3 Å². The fourth-order valence-electron chi connectivity index (χ4n) is 2.74. The van der Waals surface area contributed by atoms with Gasteiger partial charge in [0, 0.05) is 10.8 Å². The molecule has 1 aromatic rings.